The highest BCUT2D eigenvalue weighted by Crippen LogP contribution is 2.21. The number of rotatable bonds is 8. The first-order valence-electron chi connectivity index (χ1n) is 6.62. The summed E-state index contributed by atoms with van der Waals surface area (Å²) in [5, 5.41) is 0. The molecule has 0 heterocycles. The maximum absolute atomic E-state index is 12.4. The summed E-state index contributed by atoms with van der Waals surface area (Å²) in [4.78, 5) is 12.4. The maximum Gasteiger partial charge on any atom is 0.183 e. The average molecular weight is 265 g/mol. The molecule has 0 saturated heterocycles. The molecule has 0 radical (unpaired) electrons. The molecule has 0 bridgehead atoms. The molecule has 0 aliphatic carbocycles. The number of carbonyl (C=O) groups excluding carboxylic acids is 1. The molecule has 19 heavy (non-hydrogen) atoms. The Morgan fingerprint density at radius 3 is 2.63 bits per heavy atom. The lowest BCUT2D eigenvalue weighted by molar-refractivity contribution is 0.0927. The molecule has 106 valence electrons. The van der Waals surface area contributed by atoms with Gasteiger partial charge in [0.1, 0.15) is 12.4 Å². The van der Waals surface area contributed by atoms with Gasteiger partial charge in [0, 0.05) is 7.11 Å². The van der Waals surface area contributed by atoms with Crippen LogP contribution in [0.3, 0.4) is 0 Å². The summed E-state index contributed by atoms with van der Waals surface area (Å²) in [6.07, 6.45) is 0.875. The lowest BCUT2D eigenvalue weighted by atomic mass is 9.92. The molecule has 2 atom stereocenters. The monoisotopic (exact) mass is 265 g/mol. The van der Waals surface area contributed by atoms with E-state index >= 15 is 0 Å². The Hall–Kier alpha value is -1.39. The van der Waals surface area contributed by atoms with Crippen LogP contribution in [0.5, 0.6) is 5.75 Å². The van der Waals surface area contributed by atoms with E-state index in [1.165, 1.54) is 0 Å². The summed E-state index contributed by atoms with van der Waals surface area (Å²) in [5.74, 6) is 0.658. The molecule has 0 aromatic heterocycles. The lowest BCUT2D eigenvalue weighted by Crippen LogP contribution is -2.36. The number of ether oxygens (including phenoxy) is 2. The molecule has 0 fully saturated rings. The van der Waals surface area contributed by atoms with Crippen LogP contribution in [-0.4, -0.2) is 32.1 Å². The fourth-order valence-corrected chi connectivity index (χ4v) is 1.72. The van der Waals surface area contributed by atoms with E-state index in [0.29, 0.717) is 24.5 Å². The number of benzene rings is 1. The van der Waals surface area contributed by atoms with Gasteiger partial charge in [0.05, 0.1) is 18.2 Å². The summed E-state index contributed by atoms with van der Waals surface area (Å²) < 4.78 is 10.5. The van der Waals surface area contributed by atoms with Gasteiger partial charge in [-0.25, -0.2) is 0 Å². The SMILES string of the molecule is CCC(C)C(N)C(=O)c1ccccc1OCCOC. The van der Waals surface area contributed by atoms with Crippen LogP contribution in [0.25, 0.3) is 0 Å². The van der Waals surface area contributed by atoms with Crippen molar-refractivity contribution in [3.8, 4) is 5.75 Å². The molecule has 0 amide bonds. The van der Waals surface area contributed by atoms with Crippen molar-refractivity contribution in [2.24, 2.45) is 11.7 Å². The van der Waals surface area contributed by atoms with E-state index in [-0.39, 0.29) is 11.7 Å². The van der Waals surface area contributed by atoms with E-state index in [1.54, 1.807) is 19.2 Å². The number of carbonyl (C=O) groups is 1. The zero-order valence-corrected chi connectivity index (χ0v) is 11.9. The van der Waals surface area contributed by atoms with E-state index in [4.69, 9.17) is 15.2 Å². The quantitative estimate of drug-likeness (QED) is 0.578. The van der Waals surface area contributed by atoms with Gasteiger partial charge in [0.15, 0.2) is 5.78 Å². The predicted octanol–water partition coefficient (Wildman–Crippen LogP) is 2.27. The summed E-state index contributed by atoms with van der Waals surface area (Å²) in [6, 6.07) is 6.71. The number of methoxy groups -OCH3 is 1. The van der Waals surface area contributed by atoms with Crippen molar-refractivity contribution >= 4 is 5.78 Å². The number of hydrogen-bond acceptors (Lipinski definition) is 4. The molecule has 0 aliphatic rings. The second-order valence-electron chi connectivity index (χ2n) is 4.61. The Morgan fingerprint density at radius 1 is 1.32 bits per heavy atom. The molecule has 2 N–H and O–H groups in total. The number of nitrogens with two attached hydrogens (primary N) is 1. The van der Waals surface area contributed by atoms with Gasteiger partial charge < -0.3 is 15.2 Å². The van der Waals surface area contributed by atoms with Gasteiger partial charge in [0.25, 0.3) is 0 Å². The van der Waals surface area contributed by atoms with Crippen LogP contribution in [-0.2, 0) is 4.74 Å². The standard InChI is InChI=1S/C15H23NO3/c1-4-11(2)14(16)15(17)12-7-5-6-8-13(12)19-10-9-18-3/h5-8,11,14H,4,9-10,16H2,1-3H3. The van der Waals surface area contributed by atoms with Crippen molar-refractivity contribution in [2.75, 3.05) is 20.3 Å². The maximum atomic E-state index is 12.4. The third kappa shape index (κ3) is 4.33. The van der Waals surface area contributed by atoms with Gasteiger partial charge >= 0.3 is 0 Å². The zero-order valence-electron chi connectivity index (χ0n) is 11.9. The van der Waals surface area contributed by atoms with Crippen molar-refractivity contribution in [2.45, 2.75) is 26.3 Å². The number of Topliss-reactive ketones (excluding diaryl/α,β-unsaturated/α-hetero) is 1. The van der Waals surface area contributed by atoms with Gasteiger partial charge in [-0.05, 0) is 18.1 Å². The minimum Gasteiger partial charge on any atom is -0.490 e. The van der Waals surface area contributed by atoms with Crippen molar-refractivity contribution in [3.63, 3.8) is 0 Å². The second kappa shape index (κ2) is 7.92. The molecule has 4 heteroatoms. The Bertz CT molecular complexity index is 406. The van der Waals surface area contributed by atoms with E-state index in [2.05, 4.69) is 0 Å². The molecule has 1 rings (SSSR count). The molecular formula is C15H23NO3. The van der Waals surface area contributed by atoms with Crippen LogP contribution in [0.1, 0.15) is 30.6 Å². The van der Waals surface area contributed by atoms with Gasteiger partial charge in [-0.15, -0.1) is 0 Å². The molecule has 2 unspecified atom stereocenters. The van der Waals surface area contributed by atoms with Gasteiger partial charge in [-0.3, -0.25) is 4.79 Å². The third-order valence-electron chi connectivity index (χ3n) is 3.26. The number of hydrogen-bond donors (Lipinski definition) is 1. The van der Waals surface area contributed by atoms with E-state index in [9.17, 15) is 4.79 Å². The minimum absolute atomic E-state index is 0.0673. The van der Waals surface area contributed by atoms with Crippen LogP contribution in [0.2, 0.25) is 0 Å². The largest absolute Gasteiger partial charge is 0.490 e. The molecular weight excluding hydrogens is 242 g/mol. The van der Waals surface area contributed by atoms with Crippen molar-refractivity contribution in [1.29, 1.82) is 0 Å². The van der Waals surface area contributed by atoms with Crippen LogP contribution in [0, 0.1) is 5.92 Å². The summed E-state index contributed by atoms with van der Waals surface area (Å²) >= 11 is 0. The Labute approximate surface area is 114 Å². The van der Waals surface area contributed by atoms with E-state index in [0.717, 1.165) is 6.42 Å². The summed E-state index contributed by atoms with van der Waals surface area (Å²) in [6.45, 7) is 4.91. The van der Waals surface area contributed by atoms with Crippen molar-refractivity contribution < 1.29 is 14.3 Å². The average Bonchev–Trinajstić information content (AvgIpc) is 2.45. The first-order valence-corrected chi connectivity index (χ1v) is 6.62. The molecule has 0 saturated carbocycles. The van der Waals surface area contributed by atoms with Gasteiger partial charge in [0.2, 0.25) is 0 Å². The molecule has 0 aliphatic heterocycles. The predicted molar refractivity (Wildman–Crippen MR) is 75.6 cm³/mol. The summed E-state index contributed by atoms with van der Waals surface area (Å²) in [7, 11) is 1.61. The molecule has 0 spiro atoms. The first kappa shape index (κ1) is 15.7. The Balaban J connectivity index is 2.84. The lowest BCUT2D eigenvalue weighted by Gasteiger charge is -2.18. The topological polar surface area (TPSA) is 61.6 Å². The van der Waals surface area contributed by atoms with E-state index < -0.39 is 6.04 Å². The Kier molecular flexibility index (Phi) is 6.53. The molecule has 1 aromatic carbocycles. The first-order chi connectivity index (χ1) is 9.11. The van der Waals surface area contributed by atoms with Crippen LogP contribution in [0.4, 0.5) is 0 Å². The normalized spacial score (nSPS) is 13.9. The van der Waals surface area contributed by atoms with Crippen LogP contribution < -0.4 is 10.5 Å². The van der Waals surface area contributed by atoms with Crippen LogP contribution in [0.15, 0.2) is 24.3 Å². The Morgan fingerprint density at radius 2 is 2.00 bits per heavy atom. The van der Waals surface area contributed by atoms with Gasteiger partial charge in [-0.2, -0.15) is 0 Å². The third-order valence-corrected chi connectivity index (χ3v) is 3.26. The fourth-order valence-electron chi connectivity index (χ4n) is 1.72. The van der Waals surface area contributed by atoms with Crippen molar-refractivity contribution in [3.05, 3.63) is 29.8 Å². The molecule has 4 nitrogen and oxygen atoms in total. The van der Waals surface area contributed by atoms with E-state index in [1.807, 2.05) is 26.0 Å². The highest BCUT2D eigenvalue weighted by Gasteiger charge is 2.23. The highest BCUT2D eigenvalue weighted by atomic mass is 16.5. The number of ketones is 1. The second-order valence-corrected chi connectivity index (χ2v) is 4.61. The van der Waals surface area contributed by atoms with Gasteiger partial charge in [-0.1, -0.05) is 32.4 Å². The fraction of sp³-hybridized carbons (Fsp3) is 0.533. The summed E-state index contributed by atoms with van der Waals surface area (Å²) in [5.41, 5.74) is 6.54. The van der Waals surface area contributed by atoms with Crippen molar-refractivity contribution in [1.82, 2.24) is 0 Å². The zero-order chi connectivity index (χ0) is 14.3. The highest BCUT2D eigenvalue weighted by molar-refractivity contribution is 6.02. The minimum atomic E-state index is -0.489. The smallest absolute Gasteiger partial charge is 0.183 e. The van der Waals surface area contributed by atoms with Crippen LogP contribution >= 0.6 is 0 Å². The number of para-hydroxylation sites is 1. The molecule has 1 aromatic rings.